The van der Waals surface area contributed by atoms with E-state index in [0.29, 0.717) is 19.4 Å². The largest absolute Gasteiger partial charge is 0.325 e. The number of hydrogen-bond acceptors (Lipinski definition) is 5. The summed E-state index contributed by atoms with van der Waals surface area (Å²) < 4.78 is 22.8. The van der Waals surface area contributed by atoms with Crippen LogP contribution < -0.4 is 5.73 Å². The molecule has 0 spiro atoms. The van der Waals surface area contributed by atoms with Crippen LogP contribution in [0.1, 0.15) is 30.0 Å². The maximum atomic E-state index is 11.8. The van der Waals surface area contributed by atoms with Crippen LogP contribution in [-0.2, 0) is 21.1 Å². The van der Waals surface area contributed by atoms with E-state index in [1.54, 1.807) is 0 Å². The highest BCUT2D eigenvalue weighted by Crippen LogP contribution is 2.48. The Balaban J connectivity index is 2.43. The Kier molecular flexibility index (Phi) is 2.60. The molecule has 0 atom stereocenters. The number of hydrogen-bond donors (Lipinski definition) is 1. The Bertz CT molecular complexity index is 460. The molecule has 15 heavy (non-hydrogen) atoms. The third-order valence-corrected chi connectivity index (χ3v) is 6.27. The quantitative estimate of drug-likeness (QED) is 0.864. The highest BCUT2D eigenvalue weighted by atomic mass is 32.2. The SMILES string of the molecule is CS(=O)(=O)C1(c2nc(CN)cs2)CCC1. The Morgan fingerprint density at radius 3 is 2.60 bits per heavy atom. The van der Waals surface area contributed by atoms with Crippen LogP contribution in [0.3, 0.4) is 0 Å². The molecule has 1 aliphatic rings. The fourth-order valence-corrected chi connectivity index (χ4v) is 4.83. The molecule has 1 fully saturated rings. The zero-order valence-electron chi connectivity index (χ0n) is 8.56. The van der Waals surface area contributed by atoms with Gasteiger partial charge in [-0.2, -0.15) is 0 Å². The van der Waals surface area contributed by atoms with Gasteiger partial charge in [-0.3, -0.25) is 0 Å². The standard InChI is InChI=1S/C9H14N2O2S2/c1-15(12,13)9(3-2-4-9)8-11-7(5-10)6-14-8/h6H,2-5,10H2,1H3. The van der Waals surface area contributed by atoms with Crippen molar-refractivity contribution in [2.45, 2.75) is 30.6 Å². The van der Waals surface area contributed by atoms with Gasteiger partial charge in [0.05, 0.1) is 5.69 Å². The summed E-state index contributed by atoms with van der Waals surface area (Å²) in [6.07, 6.45) is 3.66. The number of nitrogens with zero attached hydrogens (tertiary/aromatic N) is 1. The van der Waals surface area contributed by atoms with Gasteiger partial charge in [0, 0.05) is 18.2 Å². The maximum absolute atomic E-state index is 11.8. The van der Waals surface area contributed by atoms with Crippen molar-refractivity contribution in [3.05, 3.63) is 16.1 Å². The highest BCUT2D eigenvalue weighted by Gasteiger charge is 2.50. The number of nitrogens with two attached hydrogens (primary N) is 1. The molecule has 1 aromatic rings. The molecule has 84 valence electrons. The highest BCUT2D eigenvalue weighted by molar-refractivity contribution is 7.91. The van der Waals surface area contributed by atoms with Crippen molar-refractivity contribution in [3.8, 4) is 0 Å². The van der Waals surface area contributed by atoms with E-state index < -0.39 is 14.6 Å². The molecule has 0 unspecified atom stereocenters. The van der Waals surface area contributed by atoms with E-state index in [2.05, 4.69) is 4.98 Å². The van der Waals surface area contributed by atoms with Crippen molar-refractivity contribution in [3.63, 3.8) is 0 Å². The zero-order valence-corrected chi connectivity index (χ0v) is 10.2. The Morgan fingerprint density at radius 2 is 2.27 bits per heavy atom. The summed E-state index contributed by atoms with van der Waals surface area (Å²) >= 11 is 1.41. The van der Waals surface area contributed by atoms with Crippen molar-refractivity contribution < 1.29 is 8.42 Å². The van der Waals surface area contributed by atoms with Crippen LogP contribution in [0.2, 0.25) is 0 Å². The first kappa shape index (κ1) is 11.0. The van der Waals surface area contributed by atoms with Gasteiger partial charge in [-0.15, -0.1) is 11.3 Å². The molecule has 0 saturated heterocycles. The molecule has 0 amide bonds. The molecule has 2 N–H and O–H groups in total. The van der Waals surface area contributed by atoms with Crippen LogP contribution in [0.5, 0.6) is 0 Å². The molecule has 0 bridgehead atoms. The molecule has 0 aromatic carbocycles. The minimum atomic E-state index is -3.07. The monoisotopic (exact) mass is 246 g/mol. The zero-order chi connectivity index (χ0) is 11.1. The topological polar surface area (TPSA) is 73.0 Å². The number of rotatable bonds is 3. The van der Waals surface area contributed by atoms with Crippen molar-refractivity contribution in [1.82, 2.24) is 4.98 Å². The smallest absolute Gasteiger partial charge is 0.159 e. The average Bonchev–Trinajstić information content (AvgIpc) is 2.47. The van der Waals surface area contributed by atoms with Crippen molar-refractivity contribution in [1.29, 1.82) is 0 Å². The Morgan fingerprint density at radius 1 is 1.60 bits per heavy atom. The van der Waals surface area contributed by atoms with Gasteiger partial charge < -0.3 is 5.73 Å². The summed E-state index contributed by atoms with van der Waals surface area (Å²) in [5.41, 5.74) is 6.25. The number of aromatic nitrogens is 1. The summed E-state index contributed by atoms with van der Waals surface area (Å²) in [5, 5.41) is 2.57. The van der Waals surface area contributed by atoms with E-state index >= 15 is 0 Å². The van der Waals surface area contributed by atoms with Crippen LogP contribution in [0, 0.1) is 0 Å². The molecule has 0 aliphatic heterocycles. The molecular weight excluding hydrogens is 232 g/mol. The van der Waals surface area contributed by atoms with Crippen LogP contribution >= 0.6 is 11.3 Å². The van der Waals surface area contributed by atoms with E-state index in [1.807, 2.05) is 5.38 Å². The third-order valence-electron chi connectivity index (χ3n) is 3.02. The predicted molar refractivity (Wildman–Crippen MR) is 60.4 cm³/mol. The van der Waals surface area contributed by atoms with Crippen molar-refractivity contribution >= 4 is 21.2 Å². The van der Waals surface area contributed by atoms with Crippen LogP contribution in [0.4, 0.5) is 0 Å². The third kappa shape index (κ3) is 1.60. The molecule has 1 heterocycles. The average molecular weight is 246 g/mol. The first-order valence-corrected chi connectivity index (χ1v) is 7.61. The normalized spacial score (nSPS) is 19.9. The van der Waals surface area contributed by atoms with Gasteiger partial charge in [0.1, 0.15) is 9.75 Å². The fraction of sp³-hybridized carbons (Fsp3) is 0.667. The van der Waals surface area contributed by atoms with E-state index in [-0.39, 0.29) is 0 Å². The van der Waals surface area contributed by atoms with Gasteiger partial charge in [-0.1, -0.05) is 0 Å². The molecule has 4 nitrogen and oxygen atoms in total. The van der Waals surface area contributed by atoms with E-state index in [0.717, 1.165) is 17.1 Å². The molecule has 2 rings (SSSR count). The summed E-state index contributed by atoms with van der Waals surface area (Å²) in [7, 11) is -3.07. The second-order valence-corrected chi connectivity index (χ2v) is 7.15. The predicted octanol–water partition coefficient (Wildman–Crippen LogP) is 1.03. The van der Waals surface area contributed by atoms with E-state index in [4.69, 9.17) is 5.73 Å². The lowest BCUT2D eigenvalue weighted by Gasteiger charge is -2.37. The fourth-order valence-electron chi connectivity index (χ4n) is 1.85. The number of thiazole rings is 1. The minimum Gasteiger partial charge on any atom is -0.325 e. The lowest BCUT2D eigenvalue weighted by Crippen LogP contribution is -2.41. The summed E-state index contributed by atoms with van der Waals surface area (Å²) in [6, 6.07) is 0. The summed E-state index contributed by atoms with van der Waals surface area (Å²) in [5.74, 6) is 0. The lowest BCUT2D eigenvalue weighted by atomic mass is 9.85. The molecule has 6 heteroatoms. The summed E-state index contributed by atoms with van der Waals surface area (Å²) in [4.78, 5) is 4.30. The molecule has 1 aromatic heterocycles. The van der Waals surface area contributed by atoms with Crippen molar-refractivity contribution in [2.24, 2.45) is 5.73 Å². The first-order chi connectivity index (χ1) is 6.99. The van der Waals surface area contributed by atoms with Crippen LogP contribution in [0.15, 0.2) is 5.38 Å². The molecule has 1 saturated carbocycles. The summed E-state index contributed by atoms with van der Waals surface area (Å²) in [6.45, 7) is 0.371. The van der Waals surface area contributed by atoms with Gasteiger partial charge >= 0.3 is 0 Å². The second-order valence-electron chi connectivity index (χ2n) is 3.97. The van der Waals surface area contributed by atoms with Gasteiger partial charge in [0.2, 0.25) is 0 Å². The van der Waals surface area contributed by atoms with Gasteiger partial charge in [-0.25, -0.2) is 13.4 Å². The minimum absolute atomic E-state index is 0.371. The van der Waals surface area contributed by atoms with E-state index in [1.165, 1.54) is 17.6 Å². The second kappa shape index (κ2) is 3.54. The molecular formula is C9H14N2O2S2. The first-order valence-electron chi connectivity index (χ1n) is 4.84. The van der Waals surface area contributed by atoms with Crippen LogP contribution in [0.25, 0.3) is 0 Å². The van der Waals surface area contributed by atoms with E-state index in [9.17, 15) is 8.42 Å². The van der Waals surface area contributed by atoms with Gasteiger partial charge in [-0.05, 0) is 19.3 Å². The maximum Gasteiger partial charge on any atom is 0.159 e. The van der Waals surface area contributed by atoms with Crippen molar-refractivity contribution in [2.75, 3.05) is 6.26 Å². The van der Waals surface area contributed by atoms with Gasteiger partial charge in [0.25, 0.3) is 0 Å². The van der Waals surface area contributed by atoms with Gasteiger partial charge in [0.15, 0.2) is 9.84 Å². The lowest BCUT2D eigenvalue weighted by molar-refractivity contribution is 0.345. The number of sulfone groups is 1. The molecule has 1 aliphatic carbocycles. The Labute approximate surface area is 93.4 Å². The van der Waals surface area contributed by atoms with Crippen LogP contribution in [-0.4, -0.2) is 19.7 Å². The molecule has 0 radical (unpaired) electrons. The Hall–Kier alpha value is -0.460.